The molecule has 0 radical (unpaired) electrons. The predicted molar refractivity (Wildman–Crippen MR) is 70.4 cm³/mol. The zero-order valence-corrected chi connectivity index (χ0v) is 11.7. The monoisotopic (exact) mass is 300 g/mol. The normalized spacial score (nSPS) is 25.0. The maximum absolute atomic E-state index is 5.80. The molecule has 0 bridgehead atoms. The molecule has 2 unspecified atom stereocenters. The summed E-state index contributed by atoms with van der Waals surface area (Å²) in [7, 11) is 1.70. The van der Waals surface area contributed by atoms with Crippen molar-refractivity contribution in [2.75, 3.05) is 31.7 Å². The summed E-state index contributed by atoms with van der Waals surface area (Å²) in [6.07, 6.45) is 2.14. The summed E-state index contributed by atoms with van der Waals surface area (Å²) in [5.41, 5.74) is 0. The lowest BCUT2D eigenvalue weighted by Gasteiger charge is -2.37. The van der Waals surface area contributed by atoms with Crippen molar-refractivity contribution in [1.82, 2.24) is 4.98 Å². The Kier molecular flexibility index (Phi) is 4.36. The summed E-state index contributed by atoms with van der Waals surface area (Å²) in [6.45, 7) is 4.40. The van der Waals surface area contributed by atoms with Crippen LogP contribution in [0.2, 0.25) is 0 Å². The first-order chi connectivity index (χ1) is 8.19. The molecule has 1 aromatic rings. The van der Waals surface area contributed by atoms with E-state index in [1.54, 1.807) is 7.11 Å². The lowest BCUT2D eigenvalue weighted by Crippen LogP contribution is -2.48. The molecular weight excluding hydrogens is 284 g/mol. The molecule has 0 saturated carbocycles. The Morgan fingerprint density at radius 2 is 2.35 bits per heavy atom. The minimum absolute atomic E-state index is 0.120. The van der Waals surface area contributed by atoms with Gasteiger partial charge in [-0.1, -0.05) is 0 Å². The molecule has 5 heteroatoms. The van der Waals surface area contributed by atoms with Gasteiger partial charge in [0.1, 0.15) is 5.82 Å². The van der Waals surface area contributed by atoms with Crippen molar-refractivity contribution in [1.29, 1.82) is 0 Å². The fraction of sp³-hybridized carbons (Fsp3) is 0.583. The number of hydrogen-bond donors (Lipinski definition) is 0. The van der Waals surface area contributed by atoms with E-state index >= 15 is 0 Å². The quantitative estimate of drug-likeness (QED) is 0.856. The summed E-state index contributed by atoms with van der Waals surface area (Å²) in [6, 6.07) is 4.03. The van der Waals surface area contributed by atoms with E-state index in [9.17, 15) is 0 Å². The Hall–Kier alpha value is -0.650. The molecule has 1 saturated heterocycles. The Morgan fingerprint density at radius 1 is 1.53 bits per heavy atom. The molecule has 2 atom stereocenters. The molecule has 1 fully saturated rings. The van der Waals surface area contributed by atoms with Crippen LogP contribution in [0.5, 0.6) is 0 Å². The van der Waals surface area contributed by atoms with Crippen LogP contribution in [0.15, 0.2) is 22.8 Å². The van der Waals surface area contributed by atoms with Gasteiger partial charge < -0.3 is 14.4 Å². The van der Waals surface area contributed by atoms with Crippen molar-refractivity contribution in [3.05, 3.63) is 22.8 Å². The minimum atomic E-state index is 0.120. The molecular formula is C12H17BrN2O2. The standard InChI is InChI=1S/C12H17BrN2O2/c1-9-6-15(7-11(17-9)8-16-2)12-4-3-10(13)5-14-12/h3-5,9,11H,6-8H2,1-2H3. The van der Waals surface area contributed by atoms with Gasteiger partial charge in [-0.3, -0.25) is 0 Å². The first-order valence-electron chi connectivity index (χ1n) is 5.70. The van der Waals surface area contributed by atoms with Crippen molar-refractivity contribution in [3.8, 4) is 0 Å². The molecule has 0 aromatic carbocycles. The molecule has 94 valence electrons. The van der Waals surface area contributed by atoms with E-state index in [1.165, 1.54) is 0 Å². The molecule has 1 aromatic heterocycles. The minimum Gasteiger partial charge on any atom is -0.382 e. The van der Waals surface area contributed by atoms with Gasteiger partial charge >= 0.3 is 0 Å². The van der Waals surface area contributed by atoms with Gasteiger partial charge in [-0.2, -0.15) is 0 Å². The second kappa shape index (κ2) is 5.80. The first kappa shape index (κ1) is 12.8. The molecule has 1 aliphatic heterocycles. The lowest BCUT2D eigenvalue weighted by molar-refractivity contribution is -0.0512. The number of anilines is 1. The van der Waals surface area contributed by atoms with Gasteiger partial charge in [0, 0.05) is 30.9 Å². The van der Waals surface area contributed by atoms with Crippen LogP contribution >= 0.6 is 15.9 Å². The number of pyridine rings is 1. The topological polar surface area (TPSA) is 34.6 Å². The number of methoxy groups -OCH3 is 1. The van der Waals surface area contributed by atoms with E-state index in [-0.39, 0.29) is 12.2 Å². The van der Waals surface area contributed by atoms with Gasteiger partial charge in [0.2, 0.25) is 0 Å². The summed E-state index contributed by atoms with van der Waals surface area (Å²) in [4.78, 5) is 6.65. The van der Waals surface area contributed by atoms with Gasteiger partial charge in [-0.15, -0.1) is 0 Å². The molecule has 0 N–H and O–H groups in total. The van der Waals surface area contributed by atoms with Crippen LogP contribution in [-0.2, 0) is 9.47 Å². The van der Waals surface area contributed by atoms with Crippen LogP contribution < -0.4 is 4.90 Å². The molecule has 0 spiro atoms. The van der Waals surface area contributed by atoms with E-state index in [0.717, 1.165) is 23.4 Å². The molecule has 0 aliphatic carbocycles. The van der Waals surface area contributed by atoms with Crippen LogP contribution in [0.1, 0.15) is 6.92 Å². The smallest absolute Gasteiger partial charge is 0.128 e. The van der Waals surface area contributed by atoms with Gasteiger partial charge in [0.25, 0.3) is 0 Å². The highest BCUT2D eigenvalue weighted by atomic mass is 79.9. The molecule has 17 heavy (non-hydrogen) atoms. The van der Waals surface area contributed by atoms with E-state index in [2.05, 4.69) is 32.7 Å². The van der Waals surface area contributed by atoms with E-state index in [4.69, 9.17) is 9.47 Å². The largest absolute Gasteiger partial charge is 0.382 e. The van der Waals surface area contributed by atoms with Gasteiger partial charge in [-0.25, -0.2) is 4.98 Å². The Morgan fingerprint density at radius 3 is 3.00 bits per heavy atom. The first-order valence-corrected chi connectivity index (χ1v) is 6.49. The van der Waals surface area contributed by atoms with Crippen molar-refractivity contribution in [2.45, 2.75) is 19.1 Å². The van der Waals surface area contributed by atoms with Crippen LogP contribution in [-0.4, -0.2) is 44.0 Å². The number of morpholine rings is 1. The van der Waals surface area contributed by atoms with Crippen molar-refractivity contribution >= 4 is 21.7 Å². The van der Waals surface area contributed by atoms with Crippen LogP contribution in [0.25, 0.3) is 0 Å². The lowest BCUT2D eigenvalue weighted by atomic mass is 10.2. The van der Waals surface area contributed by atoms with E-state index in [1.807, 2.05) is 18.3 Å². The number of rotatable bonds is 3. The molecule has 2 rings (SSSR count). The average Bonchev–Trinajstić information content (AvgIpc) is 2.29. The highest BCUT2D eigenvalue weighted by molar-refractivity contribution is 9.10. The maximum Gasteiger partial charge on any atom is 0.128 e. The van der Waals surface area contributed by atoms with Gasteiger partial charge in [0.15, 0.2) is 0 Å². The van der Waals surface area contributed by atoms with Gasteiger partial charge in [0.05, 0.1) is 18.8 Å². The summed E-state index contributed by atoms with van der Waals surface area (Å²) in [5, 5.41) is 0. The number of aromatic nitrogens is 1. The highest BCUT2D eigenvalue weighted by Gasteiger charge is 2.25. The summed E-state index contributed by atoms with van der Waals surface area (Å²) < 4.78 is 11.9. The second-order valence-corrected chi connectivity index (χ2v) is 5.18. The highest BCUT2D eigenvalue weighted by Crippen LogP contribution is 2.20. The zero-order valence-electron chi connectivity index (χ0n) is 10.1. The van der Waals surface area contributed by atoms with Crippen molar-refractivity contribution < 1.29 is 9.47 Å². The summed E-state index contributed by atoms with van der Waals surface area (Å²) >= 11 is 3.39. The Labute approximate surface area is 110 Å². The van der Waals surface area contributed by atoms with Crippen molar-refractivity contribution in [2.24, 2.45) is 0 Å². The van der Waals surface area contributed by atoms with Crippen molar-refractivity contribution in [3.63, 3.8) is 0 Å². The van der Waals surface area contributed by atoms with E-state index in [0.29, 0.717) is 6.61 Å². The number of ether oxygens (including phenoxy) is 2. The third-order valence-corrected chi connectivity index (χ3v) is 3.18. The van der Waals surface area contributed by atoms with Crippen LogP contribution in [0.4, 0.5) is 5.82 Å². The third kappa shape index (κ3) is 3.40. The molecule has 4 nitrogen and oxygen atoms in total. The molecule has 0 amide bonds. The fourth-order valence-corrected chi connectivity index (χ4v) is 2.30. The third-order valence-electron chi connectivity index (χ3n) is 2.71. The van der Waals surface area contributed by atoms with Crippen LogP contribution in [0.3, 0.4) is 0 Å². The summed E-state index contributed by atoms with van der Waals surface area (Å²) in [5.74, 6) is 0.990. The second-order valence-electron chi connectivity index (χ2n) is 4.26. The SMILES string of the molecule is COCC1CN(c2ccc(Br)cn2)CC(C)O1. The Bertz CT molecular complexity index is 358. The fourth-order valence-electron chi connectivity index (χ4n) is 2.07. The van der Waals surface area contributed by atoms with E-state index < -0.39 is 0 Å². The predicted octanol–water partition coefficient (Wildman–Crippen LogP) is 2.08. The molecule has 1 aliphatic rings. The molecule has 2 heterocycles. The Balaban J connectivity index is 2.06. The zero-order chi connectivity index (χ0) is 12.3. The van der Waals surface area contributed by atoms with Crippen LogP contribution in [0, 0.1) is 0 Å². The number of hydrogen-bond acceptors (Lipinski definition) is 4. The number of halogens is 1. The number of nitrogens with zero attached hydrogens (tertiary/aromatic N) is 2. The van der Waals surface area contributed by atoms with Gasteiger partial charge in [-0.05, 0) is 35.0 Å². The average molecular weight is 301 g/mol. The maximum atomic E-state index is 5.80.